The van der Waals surface area contributed by atoms with Crippen LogP contribution in [0, 0.1) is 0 Å². The minimum atomic E-state index is -3.02. The van der Waals surface area contributed by atoms with Crippen LogP contribution in [0.3, 0.4) is 0 Å². The first-order valence-electron chi connectivity index (χ1n) is 8.24. The monoisotopic (exact) mass is 391 g/mol. The summed E-state index contributed by atoms with van der Waals surface area (Å²) in [6.07, 6.45) is 3.61. The molecule has 1 saturated carbocycles. The molecule has 0 spiro atoms. The fraction of sp³-hybridized carbons (Fsp3) is 0.733. The van der Waals surface area contributed by atoms with E-state index in [0.717, 1.165) is 13.3 Å². The Kier molecular flexibility index (Phi) is 6.53. The van der Waals surface area contributed by atoms with Gasteiger partial charge in [-0.25, -0.2) is 4.98 Å². The number of aliphatic hydroxyl groups is 4. The molecule has 1 aliphatic rings. The Morgan fingerprint density at radius 2 is 2.12 bits per heavy atom. The number of hydrogen-bond acceptors (Lipinski definition) is 9. The molecule has 1 unspecified atom stereocenters. The van der Waals surface area contributed by atoms with Crippen LogP contribution in [0.1, 0.15) is 26.2 Å². The van der Waals surface area contributed by atoms with Crippen molar-refractivity contribution >= 4 is 13.9 Å². The summed E-state index contributed by atoms with van der Waals surface area (Å²) in [4.78, 5) is 26.4. The Balaban J connectivity index is 2.20. The van der Waals surface area contributed by atoms with Crippen molar-refractivity contribution in [3.8, 4) is 0 Å². The quantitative estimate of drug-likeness (QED) is 0.204. The second-order valence-corrected chi connectivity index (χ2v) is 8.40. The van der Waals surface area contributed by atoms with E-state index in [2.05, 4.69) is 4.98 Å². The maximum Gasteiger partial charge on any atom is 0.227 e. The molecule has 148 valence electrons. The summed E-state index contributed by atoms with van der Waals surface area (Å²) >= 11 is 0. The summed E-state index contributed by atoms with van der Waals surface area (Å²) in [5.74, 6) is -3.33. The van der Waals surface area contributed by atoms with Crippen LogP contribution in [-0.4, -0.2) is 76.4 Å². The summed E-state index contributed by atoms with van der Waals surface area (Å²) in [7, 11) is -2.59. The average molecular weight is 391 g/mol. The van der Waals surface area contributed by atoms with Crippen LogP contribution in [0.25, 0.3) is 0 Å². The van der Waals surface area contributed by atoms with Gasteiger partial charge < -0.3 is 40.4 Å². The third-order valence-corrected chi connectivity index (χ3v) is 6.58. The SMILES string of the molecule is C[C@H](O)C(O)(O)C(O)(Cn1ccnc1)[P@](O)COC1(C(=O)CN)CCC1. The van der Waals surface area contributed by atoms with Crippen LogP contribution >= 0.6 is 8.15 Å². The first-order valence-corrected chi connectivity index (χ1v) is 9.72. The lowest BCUT2D eigenvalue weighted by atomic mass is 9.77. The molecule has 0 radical (unpaired) electrons. The number of aromatic nitrogens is 2. The second-order valence-electron chi connectivity index (χ2n) is 6.60. The average Bonchev–Trinajstić information content (AvgIpc) is 3.05. The number of aliphatic hydroxyl groups excluding tert-OH is 1. The maximum atomic E-state index is 12.0. The van der Waals surface area contributed by atoms with E-state index in [4.69, 9.17) is 10.5 Å². The number of carbonyl (C=O) groups excluding carboxylic acids is 1. The molecule has 11 heteroatoms. The third-order valence-electron chi connectivity index (χ3n) is 4.88. The molecule has 1 aliphatic carbocycles. The molecule has 1 aromatic heterocycles. The van der Waals surface area contributed by atoms with Crippen LogP contribution < -0.4 is 5.73 Å². The Morgan fingerprint density at radius 3 is 2.54 bits per heavy atom. The molecule has 2 rings (SSSR count). The molecule has 10 nitrogen and oxygen atoms in total. The predicted octanol–water partition coefficient (Wildman–Crippen LogP) is -1.55. The number of ketones is 1. The van der Waals surface area contributed by atoms with Crippen molar-refractivity contribution in [2.45, 2.75) is 55.6 Å². The smallest absolute Gasteiger partial charge is 0.227 e. The number of rotatable bonds is 10. The zero-order valence-electron chi connectivity index (χ0n) is 14.5. The molecule has 7 N–H and O–H groups in total. The second kappa shape index (κ2) is 7.95. The molecule has 1 aromatic rings. The van der Waals surface area contributed by atoms with Crippen molar-refractivity contribution in [2.24, 2.45) is 5.73 Å². The van der Waals surface area contributed by atoms with Gasteiger partial charge in [0.2, 0.25) is 5.79 Å². The van der Waals surface area contributed by atoms with Gasteiger partial charge in [0.1, 0.15) is 11.7 Å². The highest BCUT2D eigenvalue weighted by Gasteiger charge is 2.58. The molecule has 3 atom stereocenters. The lowest BCUT2D eigenvalue weighted by Gasteiger charge is -2.45. The minimum Gasteiger partial charge on any atom is -0.388 e. The van der Waals surface area contributed by atoms with E-state index in [1.807, 2.05) is 0 Å². The Bertz CT molecular complexity index is 606. The topological polar surface area (TPSA) is 171 Å². The highest BCUT2D eigenvalue weighted by atomic mass is 31.1. The van der Waals surface area contributed by atoms with Crippen LogP contribution in [-0.2, 0) is 16.1 Å². The van der Waals surface area contributed by atoms with Gasteiger partial charge in [-0.15, -0.1) is 0 Å². The van der Waals surface area contributed by atoms with Crippen LogP contribution in [0.5, 0.6) is 0 Å². The van der Waals surface area contributed by atoms with E-state index < -0.39 is 43.9 Å². The highest BCUT2D eigenvalue weighted by Crippen LogP contribution is 2.53. The normalized spacial score (nSPS) is 21.5. The number of Topliss-reactive ketones (excluding diaryl/α,β-unsaturated/α-hetero) is 1. The van der Waals surface area contributed by atoms with Gasteiger partial charge in [0, 0.05) is 12.4 Å². The standard InChI is InChI=1S/C15H26N3O7P/c1-11(19)15(22,23)14(21,8-18-6-5-17-9-18)26(24)10-25-13(3-2-4-13)12(20)7-16/h5-6,9,11,19,21-24H,2-4,7-8,10,16H2,1H3/t11-,14?,26+/m0/s1. The summed E-state index contributed by atoms with van der Waals surface area (Å²) in [6, 6.07) is 0. The Hall–Kier alpha value is -0.970. The zero-order valence-corrected chi connectivity index (χ0v) is 15.4. The Labute approximate surface area is 152 Å². The van der Waals surface area contributed by atoms with Gasteiger partial charge >= 0.3 is 0 Å². The molecule has 26 heavy (non-hydrogen) atoms. The van der Waals surface area contributed by atoms with Crippen LogP contribution in [0.2, 0.25) is 0 Å². The number of nitrogens with zero attached hydrogens (tertiary/aromatic N) is 2. The molecular formula is C15H26N3O7P. The van der Waals surface area contributed by atoms with Gasteiger partial charge in [-0.1, -0.05) is 0 Å². The van der Waals surface area contributed by atoms with Gasteiger partial charge in [-0.05, 0) is 26.2 Å². The summed E-state index contributed by atoms with van der Waals surface area (Å²) in [5.41, 5.74) is 4.29. The summed E-state index contributed by atoms with van der Waals surface area (Å²) < 4.78 is 6.91. The van der Waals surface area contributed by atoms with E-state index in [-0.39, 0.29) is 12.3 Å². The number of hydrogen-bond donors (Lipinski definition) is 6. The van der Waals surface area contributed by atoms with Crippen molar-refractivity contribution < 1.29 is 34.9 Å². The molecule has 0 bridgehead atoms. The first-order chi connectivity index (χ1) is 12.1. The number of ether oxygens (including phenoxy) is 1. The van der Waals surface area contributed by atoms with E-state index in [9.17, 15) is 30.1 Å². The molecular weight excluding hydrogens is 365 g/mol. The van der Waals surface area contributed by atoms with Crippen molar-refractivity contribution in [3.05, 3.63) is 18.7 Å². The van der Waals surface area contributed by atoms with Crippen molar-refractivity contribution in [3.63, 3.8) is 0 Å². The van der Waals surface area contributed by atoms with Gasteiger partial charge in [0.05, 0.1) is 33.9 Å². The zero-order chi connectivity index (χ0) is 19.6. The molecule has 0 saturated heterocycles. The van der Waals surface area contributed by atoms with Gasteiger partial charge in [0.25, 0.3) is 0 Å². The lowest BCUT2D eigenvalue weighted by molar-refractivity contribution is -0.289. The molecule has 1 heterocycles. The van der Waals surface area contributed by atoms with Gasteiger partial charge in [-0.2, -0.15) is 0 Å². The van der Waals surface area contributed by atoms with Gasteiger partial charge in [-0.3, -0.25) is 4.79 Å². The van der Waals surface area contributed by atoms with E-state index in [0.29, 0.717) is 12.8 Å². The highest BCUT2D eigenvalue weighted by molar-refractivity contribution is 7.53. The molecule has 0 aromatic carbocycles. The van der Waals surface area contributed by atoms with E-state index in [1.54, 1.807) is 0 Å². The lowest BCUT2D eigenvalue weighted by Crippen LogP contribution is -2.61. The molecule has 1 fully saturated rings. The van der Waals surface area contributed by atoms with E-state index >= 15 is 0 Å². The third kappa shape index (κ3) is 3.83. The largest absolute Gasteiger partial charge is 0.388 e. The molecule has 0 aliphatic heterocycles. The number of imidazole rings is 1. The number of carbonyl (C=O) groups is 1. The predicted molar refractivity (Wildman–Crippen MR) is 91.8 cm³/mol. The van der Waals surface area contributed by atoms with Crippen molar-refractivity contribution in [1.29, 1.82) is 0 Å². The minimum absolute atomic E-state index is 0.208. The fourth-order valence-corrected chi connectivity index (χ4v) is 4.31. The van der Waals surface area contributed by atoms with Gasteiger partial charge in [0.15, 0.2) is 11.1 Å². The maximum absolute atomic E-state index is 12.0. The Morgan fingerprint density at radius 1 is 1.46 bits per heavy atom. The fourth-order valence-electron chi connectivity index (χ4n) is 2.84. The van der Waals surface area contributed by atoms with E-state index in [1.165, 1.54) is 23.3 Å². The summed E-state index contributed by atoms with van der Waals surface area (Å²) in [5, 5.41) is 38.6. The number of nitrogens with two attached hydrogens (primary N) is 1. The molecule has 0 amide bonds. The van der Waals surface area contributed by atoms with Crippen LogP contribution in [0.15, 0.2) is 18.7 Å². The summed E-state index contributed by atoms with van der Waals surface area (Å²) in [6.45, 7) is 0.419. The van der Waals surface area contributed by atoms with Crippen LogP contribution in [0.4, 0.5) is 0 Å². The van der Waals surface area contributed by atoms with Crippen molar-refractivity contribution in [2.75, 3.05) is 12.9 Å². The van der Waals surface area contributed by atoms with Crippen molar-refractivity contribution in [1.82, 2.24) is 9.55 Å². The first kappa shape index (κ1) is 21.3.